The molecule has 6 heteroatoms. The molecule has 0 bridgehead atoms. The lowest BCUT2D eigenvalue weighted by atomic mass is 10.1. The third-order valence-electron chi connectivity index (χ3n) is 2.41. The first-order valence-corrected chi connectivity index (χ1v) is 6.39. The number of pyridine rings is 1. The molecule has 94 valence electrons. The number of aromatic nitrogens is 2. The van der Waals surface area contributed by atoms with Gasteiger partial charge in [-0.05, 0) is 24.6 Å². The molecule has 0 saturated heterocycles. The molecule has 1 atom stereocenters. The van der Waals surface area contributed by atoms with Crippen molar-refractivity contribution in [3.63, 3.8) is 0 Å². The second kappa shape index (κ2) is 5.24. The van der Waals surface area contributed by atoms with Crippen LogP contribution in [0.1, 0.15) is 34.0 Å². The predicted molar refractivity (Wildman–Crippen MR) is 71.4 cm³/mol. The minimum absolute atomic E-state index is 0.0382. The molecule has 2 aromatic rings. The van der Waals surface area contributed by atoms with Gasteiger partial charge in [0.05, 0.1) is 6.04 Å². The van der Waals surface area contributed by atoms with E-state index in [4.69, 9.17) is 11.5 Å². The summed E-state index contributed by atoms with van der Waals surface area (Å²) in [6, 6.07) is 3.32. The zero-order valence-corrected chi connectivity index (χ0v) is 10.8. The van der Waals surface area contributed by atoms with E-state index in [1.54, 1.807) is 23.7 Å². The van der Waals surface area contributed by atoms with Gasteiger partial charge in [-0.3, -0.25) is 4.79 Å². The number of ketones is 1. The smallest absolute Gasteiger partial charge is 0.186 e. The van der Waals surface area contributed by atoms with Gasteiger partial charge in [0.15, 0.2) is 5.78 Å². The zero-order valence-electron chi connectivity index (χ0n) is 9.96. The van der Waals surface area contributed by atoms with Crippen molar-refractivity contribution < 1.29 is 4.79 Å². The first-order valence-electron chi connectivity index (χ1n) is 5.51. The minimum Gasteiger partial charge on any atom is -0.384 e. The summed E-state index contributed by atoms with van der Waals surface area (Å²) in [6.07, 6.45) is 1.86. The van der Waals surface area contributed by atoms with Crippen molar-refractivity contribution in [2.24, 2.45) is 5.73 Å². The standard InChI is InChI=1S/C12H14N4OS/c1-7(13)12-16-9(6-18-12)10(17)4-8-2-3-15-11(14)5-8/h2-3,5-7H,4,13H2,1H3,(H2,14,15). The summed E-state index contributed by atoms with van der Waals surface area (Å²) >= 11 is 1.41. The summed E-state index contributed by atoms with van der Waals surface area (Å²) in [5, 5.41) is 2.51. The van der Waals surface area contributed by atoms with Crippen molar-refractivity contribution in [2.45, 2.75) is 19.4 Å². The van der Waals surface area contributed by atoms with Crippen molar-refractivity contribution in [3.05, 3.63) is 40.0 Å². The quantitative estimate of drug-likeness (QED) is 0.815. The number of nitrogens with two attached hydrogens (primary N) is 2. The van der Waals surface area contributed by atoms with Gasteiger partial charge < -0.3 is 11.5 Å². The Balaban J connectivity index is 2.12. The highest BCUT2D eigenvalue weighted by atomic mass is 32.1. The summed E-state index contributed by atoms with van der Waals surface area (Å²) in [5.74, 6) is 0.374. The molecule has 0 aromatic carbocycles. The van der Waals surface area contributed by atoms with Gasteiger partial charge >= 0.3 is 0 Å². The molecule has 0 radical (unpaired) electrons. The van der Waals surface area contributed by atoms with Crippen molar-refractivity contribution in [1.82, 2.24) is 9.97 Å². The molecule has 0 aliphatic carbocycles. The SMILES string of the molecule is CC(N)c1nc(C(=O)Cc2ccnc(N)c2)cs1. The normalized spacial score (nSPS) is 12.3. The van der Waals surface area contributed by atoms with Crippen molar-refractivity contribution in [3.8, 4) is 0 Å². The van der Waals surface area contributed by atoms with Crippen LogP contribution in [0.25, 0.3) is 0 Å². The minimum atomic E-state index is -0.145. The topological polar surface area (TPSA) is 94.9 Å². The largest absolute Gasteiger partial charge is 0.384 e. The average Bonchev–Trinajstić information content (AvgIpc) is 2.78. The highest BCUT2D eigenvalue weighted by Gasteiger charge is 2.13. The summed E-state index contributed by atoms with van der Waals surface area (Å²) in [5.41, 5.74) is 12.6. The Labute approximate surface area is 109 Å². The van der Waals surface area contributed by atoms with Gasteiger partial charge in [0.25, 0.3) is 0 Å². The number of thiazole rings is 1. The summed E-state index contributed by atoms with van der Waals surface area (Å²) < 4.78 is 0. The van der Waals surface area contributed by atoms with Crippen molar-refractivity contribution in [2.75, 3.05) is 5.73 Å². The maximum Gasteiger partial charge on any atom is 0.186 e. The maximum atomic E-state index is 12.0. The van der Waals surface area contributed by atoms with Crippen LogP contribution in [0.15, 0.2) is 23.7 Å². The fourth-order valence-corrected chi connectivity index (χ4v) is 2.29. The van der Waals surface area contributed by atoms with Gasteiger partial charge in [-0.15, -0.1) is 11.3 Å². The van der Waals surface area contributed by atoms with E-state index in [9.17, 15) is 4.79 Å². The van der Waals surface area contributed by atoms with Gasteiger partial charge in [-0.2, -0.15) is 0 Å². The van der Waals surface area contributed by atoms with Gasteiger partial charge in [-0.25, -0.2) is 9.97 Å². The van der Waals surface area contributed by atoms with E-state index in [2.05, 4.69) is 9.97 Å². The molecule has 0 aliphatic heterocycles. The second-order valence-corrected chi connectivity index (χ2v) is 4.94. The number of nitrogen functional groups attached to an aromatic ring is 1. The van der Waals surface area contributed by atoms with Crippen LogP contribution in [-0.4, -0.2) is 15.8 Å². The van der Waals surface area contributed by atoms with Gasteiger partial charge in [-0.1, -0.05) is 0 Å². The maximum absolute atomic E-state index is 12.0. The fraction of sp³-hybridized carbons (Fsp3) is 0.250. The third kappa shape index (κ3) is 2.91. The van der Waals surface area contributed by atoms with E-state index in [-0.39, 0.29) is 18.2 Å². The molecule has 1 unspecified atom stereocenters. The molecular weight excluding hydrogens is 248 g/mol. The molecule has 2 rings (SSSR count). The van der Waals surface area contributed by atoms with E-state index in [0.29, 0.717) is 11.5 Å². The first kappa shape index (κ1) is 12.7. The van der Waals surface area contributed by atoms with Crippen molar-refractivity contribution in [1.29, 1.82) is 0 Å². The Morgan fingerprint density at radius 3 is 2.94 bits per heavy atom. The number of hydrogen-bond acceptors (Lipinski definition) is 6. The summed E-state index contributed by atoms with van der Waals surface area (Å²) in [7, 11) is 0. The molecule has 5 nitrogen and oxygen atoms in total. The highest BCUT2D eigenvalue weighted by Crippen LogP contribution is 2.17. The van der Waals surface area contributed by atoms with Crippen LogP contribution in [0.2, 0.25) is 0 Å². The molecule has 18 heavy (non-hydrogen) atoms. The monoisotopic (exact) mass is 262 g/mol. The number of nitrogens with zero attached hydrogens (tertiary/aromatic N) is 2. The Morgan fingerprint density at radius 1 is 1.56 bits per heavy atom. The molecule has 0 fully saturated rings. The Morgan fingerprint density at radius 2 is 2.33 bits per heavy atom. The Bertz CT molecular complexity index is 565. The Hall–Kier alpha value is -1.79. The van der Waals surface area contributed by atoms with Crippen LogP contribution in [0, 0.1) is 0 Å². The summed E-state index contributed by atoms with van der Waals surface area (Å²) in [4.78, 5) is 20.1. The lowest BCUT2D eigenvalue weighted by Crippen LogP contribution is -2.08. The van der Waals surface area contributed by atoms with Gasteiger partial charge in [0, 0.05) is 18.0 Å². The van der Waals surface area contributed by atoms with E-state index in [1.165, 1.54) is 11.3 Å². The molecule has 2 aromatic heterocycles. The molecule has 2 heterocycles. The number of carbonyl (C=O) groups is 1. The van der Waals surface area contributed by atoms with E-state index in [0.717, 1.165) is 10.6 Å². The average molecular weight is 262 g/mol. The highest BCUT2D eigenvalue weighted by molar-refractivity contribution is 7.09. The molecular formula is C12H14N4OS. The van der Waals surface area contributed by atoms with Crippen LogP contribution < -0.4 is 11.5 Å². The second-order valence-electron chi connectivity index (χ2n) is 4.05. The van der Waals surface area contributed by atoms with Crippen LogP contribution in [-0.2, 0) is 6.42 Å². The molecule has 0 saturated carbocycles. The first-order chi connectivity index (χ1) is 8.56. The van der Waals surface area contributed by atoms with Gasteiger partial charge in [0.2, 0.25) is 0 Å². The third-order valence-corrected chi connectivity index (χ3v) is 3.45. The number of carbonyl (C=O) groups excluding carboxylic acids is 1. The molecule has 4 N–H and O–H groups in total. The molecule has 0 aliphatic rings. The van der Waals surface area contributed by atoms with Crippen LogP contribution in [0.4, 0.5) is 5.82 Å². The van der Waals surface area contributed by atoms with E-state index >= 15 is 0 Å². The summed E-state index contributed by atoms with van der Waals surface area (Å²) in [6.45, 7) is 1.84. The fourth-order valence-electron chi connectivity index (χ4n) is 1.51. The predicted octanol–water partition coefficient (Wildman–Crippen LogP) is 1.57. The zero-order chi connectivity index (χ0) is 13.1. The number of anilines is 1. The van der Waals surface area contributed by atoms with Crippen LogP contribution in [0.3, 0.4) is 0 Å². The van der Waals surface area contributed by atoms with Crippen LogP contribution >= 0.6 is 11.3 Å². The molecule has 0 amide bonds. The number of Topliss-reactive ketones (excluding diaryl/α,β-unsaturated/α-hetero) is 1. The Kier molecular flexibility index (Phi) is 3.69. The van der Waals surface area contributed by atoms with E-state index in [1.807, 2.05) is 6.92 Å². The molecule has 0 spiro atoms. The lowest BCUT2D eigenvalue weighted by molar-refractivity contribution is 0.0988. The van der Waals surface area contributed by atoms with Crippen molar-refractivity contribution >= 4 is 22.9 Å². The number of rotatable bonds is 4. The number of hydrogen-bond donors (Lipinski definition) is 2. The van der Waals surface area contributed by atoms with Crippen LogP contribution in [0.5, 0.6) is 0 Å². The van der Waals surface area contributed by atoms with Gasteiger partial charge in [0.1, 0.15) is 16.5 Å². The lowest BCUT2D eigenvalue weighted by Gasteiger charge is -2.00. The van der Waals surface area contributed by atoms with E-state index < -0.39 is 0 Å².